The molecule has 1 aromatic heterocycles. The highest BCUT2D eigenvalue weighted by Crippen LogP contribution is 2.50. The van der Waals surface area contributed by atoms with Crippen LogP contribution in [0.5, 0.6) is 0 Å². The van der Waals surface area contributed by atoms with Crippen molar-refractivity contribution in [3.63, 3.8) is 0 Å². The number of benzene rings is 4. The summed E-state index contributed by atoms with van der Waals surface area (Å²) in [4.78, 5) is 2.72. The van der Waals surface area contributed by atoms with Crippen molar-refractivity contribution in [2.45, 2.75) is 56.7 Å². The molecule has 4 aromatic carbocycles. The van der Waals surface area contributed by atoms with Gasteiger partial charge in [-0.05, 0) is 90.4 Å². The molecule has 0 aliphatic carbocycles. The Kier molecular flexibility index (Phi) is 5.85. The fourth-order valence-electron chi connectivity index (χ4n) is 5.69. The van der Waals surface area contributed by atoms with Crippen LogP contribution in [0.4, 0.5) is 0 Å². The van der Waals surface area contributed by atoms with Crippen LogP contribution in [0.2, 0.25) is 0 Å². The van der Waals surface area contributed by atoms with Crippen LogP contribution in [0.25, 0.3) is 32.3 Å². The Morgan fingerprint density at radius 1 is 0.568 bits per heavy atom. The van der Waals surface area contributed by atoms with Gasteiger partial charge in [0, 0.05) is 26.3 Å². The molecule has 0 bridgehead atoms. The molecule has 2 heterocycles. The third-order valence-corrected chi connectivity index (χ3v) is 10.1. The SMILES string of the molecule is Cc1c(C)c(-c2nnc(-c3ccccc3)s2)c(C)c(C)c1-c1ccc2c(c1)C(C)(C)c1ccccc1S2. The van der Waals surface area contributed by atoms with Gasteiger partial charge in [-0.1, -0.05) is 91.5 Å². The molecule has 5 aromatic rings. The summed E-state index contributed by atoms with van der Waals surface area (Å²) in [6.07, 6.45) is 0. The van der Waals surface area contributed by atoms with Crippen LogP contribution < -0.4 is 0 Å². The van der Waals surface area contributed by atoms with E-state index in [1.165, 1.54) is 59.9 Å². The van der Waals surface area contributed by atoms with Crippen molar-refractivity contribution in [2.75, 3.05) is 0 Å². The minimum absolute atomic E-state index is 0.0422. The lowest BCUT2D eigenvalue weighted by Gasteiger charge is -2.35. The van der Waals surface area contributed by atoms with Gasteiger partial charge in [0.2, 0.25) is 0 Å². The van der Waals surface area contributed by atoms with Crippen molar-refractivity contribution in [1.29, 1.82) is 0 Å². The number of aromatic nitrogens is 2. The third-order valence-electron chi connectivity index (χ3n) is 8.01. The summed E-state index contributed by atoms with van der Waals surface area (Å²) in [5.74, 6) is 0. The van der Waals surface area contributed by atoms with Crippen LogP contribution in [-0.4, -0.2) is 10.2 Å². The maximum absolute atomic E-state index is 4.63. The summed E-state index contributed by atoms with van der Waals surface area (Å²) in [5.41, 5.74) is 12.9. The molecular formula is C33H30N2S2. The average Bonchev–Trinajstić information content (AvgIpc) is 3.39. The molecule has 0 atom stereocenters. The van der Waals surface area contributed by atoms with E-state index in [1.807, 2.05) is 30.0 Å². The molecular weight excluding hydrogens is 489 g/mol. The minimum Gasteiger partial charge on any atom is -0.138 e. The minimum atomic E-state index is -0.0422. The topological polar surface area (TPSA) is 25.8 Å². The average molecular weight is 519 g/mol. The number of hydrogen-bond acceptors (Lipinski definition) is 4. The fraction of sp³-hybridized carbons (Fsp3) is 0.212. The molecule has 0 radical (unpaired) electrons. The normalized spacial score (nSPS) is 13.8. The first-order valence-corrected chi connectivity index (χ1v) is 14.3. The fourth-order valence-corrected chi connectivity index (χ4v) is 8.07. The maximum Gasteiger partial charge on any atom is 0.148 e. The second-order valence-electron chi connectivity index (χ2n) is 10.5. The smallest absolute Gasteiger partial charge is 0.138 e. The van der Waals surface area contributed by atoms with Crippen molar-refractivity contribution in [3.8, 4) is 32.3 Å². The molecule has 1 aliphatic heterocycles. The lowest BCUT2D eigenvalue weighted by Crippen LogP contribution is -2.23. The Morgan fingerprint density at radius 3 is 1.89 bits per heavy atom. The molecule has 2 nitrogen and oxygen atoms in total. The second kappa shape index (κ2) is 8.97. The zero-order valence-electron chi connectivity index (χ0n) is 22.1. The summed E-state index contributed by atoms with van der Waals surface area (Å²) in [6, 6.07) is 26.2. The Bertz CT molecular complexity index is 1630. The lowest BCUT2D eigenvalue weighted by atomic mass is 9.76. The van der Waals surface area contributed by atoms with Crippen LogP contribution in [0.15, 0.2) is 82.6 Å². The molecule has 184 valence electrons. The monoisotopic (exact) mass is 518 g/mol. The predicted molar refractivity (Wildman–Crippen MR) is 158 cm³/mol. The number of rotatable bonds is 3. The van der Waals surface area contributed by atoms with Gasteiger partial charge in [0.25, 0.3) is 0 Å². The van der Waals surface area contributed by atoms with Crippen LogP contribution in [0.1, 0.15) is 47.2 Å². The summed E-state index contributed by atoms with van der Waals surface area (Å²) < 4.78 is 0. The molecule has 0 spiro atoms. The van der Waals surface area contributed by atoms with E-state index in [4.69, 9.17) is 0 Å². The molecule has 4 heteroatoms. The Labute approximate surface area is 227 Å². The van der Waals surface area contributed by atoms with Crippen LogP contribution >= 0.6 is 23.1 Å². The number of fused-ring (bicyclic) bond motifs is 2. The van der Waals surface area contributed by atoms with Gasteiger partial charge >= 0.3 is 0 Å². The third kappa shape index (κ3) is 3.86. The Balaban J connectivity index is 1.47. The van der Waals surface area contributed by atoms with E-state index in [2.05, 4.69) is 106 Å². The number of nitrogens with zero attached hydrogens (tertiary/aromatic N) is 2. The highest BCUT2D eigenvalue weighted by Gasteiger charge is 2.33. The largest absolute Gasteiger partial charge is 0.148 e. The van der Waals surface area contributed by atoms with Gasteiger partial charge in [0.1, 0.15) is 10.0 Å². The summed E-state index contributed by atoms with van der Waals surface area (Å²) in [7, 11) is 0. The molecule has 0 unspecified atom stereocenters. The van der Waals surface area contributed by atoms with Gasteiger partial charge in [-0.2, -0.15) is 0 Å². The zero-order valence-corrected chi connectivity index (χ0v) is 23.8. The van der Waals surface area contributed by atoms with Gasteiger partial charge in [0.15, 0.2) is 0 Å². The number of hydrogen-bond donors (Lipinski definition) is 0. The van der Waals surface area contributed by atoms with Gasteiger partial charge in [-0.25, -0.2) is 0 Å². The van der Waals surface area contributed by atoms with Crippen molar-refractivity contribution < 1.29 is 0 Å². The molecule has 0 saturated heterocycles. The standard InChI is InChI=1S/C33H30N2S2/c1-19-21(3)30(32-35-34-31(37-32)23-12-8-7-9-13-23)22(4)20(2)29(19)24-16-17-28-26(18-24)33(5,6)25-14-10-11-15-27(25)36-28/h7-18H,1-6H3. The van der Waals surface area contributed by atoms with Gasteiger partial charge in [0.05, 0.1) is 0 Å². The van der Waals surface area contributed by atoms with E-state index >= 15 is 0 Å². The molecule has 0 fully saturated rings. The second-order valence-corrected chi connectivity index (χ2v) is 12.5. The first-order chi connectivity index (χ1) is 17.8. The highest BCUT2D eigenvalue weighted by atomic mass is 32.2. The van der Waals surface area contributed by atoms with Gasteiger partial charge in [-0.3, -0.25) is 0 Å². The lowest BCUT2D eigenvalue weighted by molar-refractivity contribution is 0.607. The first kappa shape index (κ1) is 24.1. The van der Waals surface area contributed by atoms with Crippen molar-refractivity contribution in [2.24, 2.45) is 0 Å². The van der Waals surface area contributed by atoms with Crippen molar-refractivity contribution >= 4 is 23.1 Å². The summed E-state index contributed by atoms with van der Waals surface area (Å²) in [5, 5.41) is 11.1. The van der Waals surface area contributed by atoms with E-state index in [1.54, 1.807) is 11.3 Å². The van der Waals surface area contributed by atoms with Gasteiger partial charge in [-0.15, -0.1) is 10.2 Å². The van der Waals surface area contributed by atoms with Crippen LogP contribution in [0.3, 0.4) is 0 Å². The predicted octanol–water partition coefficient (Wildman–Crippen LogP) is 9.56. The molecule has 0 saturated carbocycles. The van der Waals surface area contributed by atoms with Crippen molar-refractivity contribution in [3.05, 3.63) is 106 Å². The Hall–Kier alpha value is -3.21. The molecule has 1 aliphatic rings. The summed E-state index contributed by atoms with van der Waals surface area (Å²) >= 11 is 3.56. The molecule has 0 N–H and O–H groups in total. The van der Waals surface area contributed by atoms with Crippen LogP contribution in [0, 0.1) is 27.7 Å². The van der Waals surface area contributed by atoms with E-state index in [0.29, 0.717) is 0 Å². The quantitative estimate of drug-likeness (QED) is 0.238. The van der Waals surface area contributed by atoms with Crippen molar-refractivity contribution in [1.82, 2.24) is 10.2 Å². The van der Waals surface area contributed by atoms with Crippen LogP contribution in [-0.2, 0) is 5.41 Å². The van der Waals surface area contributed by atoms with E-state index in [9.17, 15) is 0 Å². The molecule has 0 amide bonds. The van der Waals surface area contributed by atoms with Gasteiger partial charge < -0.3 is 0 Å². The first-order valence-electron chi connectivity index (χ1n) is 12.7. The summed E-state index contributed by atoms with van der Waals surface area (Å²) in [6.45, 7) is 13.7. The molecule has 6 rings (SSSR count). The zero-order chi connectivity index (χ0) is 25.9. The molecule has 37 heavy (non-hydrogen) atoms. The highest BCUT2D eigenvalue weighted by molar-refractivity contribution is 7.99. The van der Waals surface area contributed by atoms with E-state index in [-0.39, 0.29) is 5.41 Å². The Morgan fingerprint density at radius 2 is 1.16 bits per heavy atom. The van der Waals surface area contributed by atoms with E-state index < -0.39 is 0 Å². The van der Waals surface area contributed by atoms with E-state index in [0.717, 1.165) is 15.6 Å². The maximum atomic E-state index is 4.63.